The summed E-state index contributed by atoms with van der Waals surface area (Å²) in [6, 6.07) is 8.79. The van der Waals surface area contributed by atoms with Gasteiger partial charge in [-0.2, -0.15) is 0 Å². The Balaban J connectivity index is 2.13. The molecule has 16 heavy (non-hydrogen) atoms. The van der Waals surface area contributed by atoms with E-state index in [1.165, 1.54) is 18.4 Å². The molecule has 0 aromatic heterocycles. The molecule has 2 rings (SSSR count). The maximum absolute atomic E-state index is 5.26. The molecule has 0 saturated heterocycles. The number of hydrogen-bond acceptors (Lipinski definition) is 2. The van der Waals surface area contributed by atoms with Crippen molar-refractivity contribution in [2.24, 2.45) is 5.92 Å². The van der Waals surface area contributed by atoms with Crippen molar-refractivity contribution in [2.75, 3.05) is 13.7 Å². The van der Waals surface area contributed by atoms with Gasteiger partial charge in [0.15, 0.2) is 0 Å². The molecule has 0 heterocycles. The van der Waals surface area contributed by atoms with Gasteiger partial charge in [-0.15, -0.1) is 6.58 Å². The highest BCUT2D eigenvalue weighted by molar-refractivity contribution is 5.31. The molecule has 1 atom stereocenters. The van der Waals surface area contributed by atoms with E-state index in [4.69, 9.17) is 4.74 Å². The Morgan fingerprint density at radius 2 is 2.38 bits per heavy atom. The van der Waals surface area contributed by atoms with Crippen molar-refractivity contribution in [1.82, 2.24) is 5.32 Å². The van der Waals surface area contributed by atoms with Crippen molar-refractivity contribution >= 4 is 0 Å². The number of ether oxygens (including phenoxy) is 1. The zero-order valence-corrected chi connectivity index (χ0v) is 9.78. The third kappa shape index (κ3) is 2.64. The molecule has 2 nitrogen and oxygen atoms in total. The van der Waals surface area contributed by atoms with E-state index in [0.717, 1.165) is 18.2 Å². The molecular weight excluding hydrogens is 198 g/mol. The van der Waals surface area contributed by atoms with E-state index in [9.17, 15) is 0 Å². The van der Waals surface area contributed by atoms with Crippen LogP contribution in [0.1, 0.15) is 24.4 Å². The number of nitrogens with one attached hydrogen (secondary N) is 1. The summed E-state index contributed by atoms with van der Waals surface area (Å²) in [5.41, 5.74) is 1.32. The smallest absolute Gasteiger partial charge is 0.119 e. The molecule has 1 fully saturated rings. The first-order valence-corrected chi connectivity index (χ1v) is 5.83. The van der Waals surface area contributed by atoms with Crippen LogP contribution in [0.15, 0.2) is 36.9 Å². The van der Waals surface area contributed by atoms with Gasteiger partial charge in [-0.1, -0.05) is 18.2 Å². The van der Waals surface area contributed by atoms with Crippen LogP contribution in [0.2, 0.25) is 0 Å². The number of hydrogen-bond donors (Lipinski definition) is 1. The van der Waals surface area contributed by atoms with Crippen molar-refractivity contribution in [3.63, 3.8) is 0 Å². The highest BCUT2D eigenvalue weighted by atomic mass is 16.5. The summed E-state index contributed by atoms with van der Waals surface area (Å²) in [6.45, 7) is 4.61. The summed E-state index contributed by atoms with van der Waals surface area (Å²) < 4.78 is 5.26. The largest absolute Gasteiger partial charge is 0.497 e. The minimum absolute atomic E-state index is 0.452. The molecule has 1 aliphatic carbocycles. The Labute approximate surface area is 97.3 Å². The lowest BCUT2D eigenvalue weighted by Crippen LogP contribution is -2.23. The molecule has 0 amide bonds. The topological polar surface area (TPSA) is 21.3 Å². The third-order valence-corrected chi connectivity index (χ3v) is 3.03. The van der Waals surface area contributed by atoms with E-state index in [0.29, 0.717) is 6.04 Å². The Morgan fingerprint density at radius 3 is 3.00 bits per heavy atom. The van der Waals surface area contributed by atoms with Gasteiger partial charge in [-0.25, -0.2) is 0 Å². The van der Waals surface area contributed by atoms with Crippen molar-refractivity contribution in [3.05, 3.63) is 42.5 Å². The van der Waals surface area contributed by atoms with Crippen LogP contribution >= 0.6 is 0 Å². The molecule has 1 N–H and O–H groups in total. The summed E-state index contributed by atoms with van der Waals surface area (Å²) in [7, 11) is 1.71. The normalized spacial score (nSPS) is 16.8. The standard InChI is InChI=1S/C14H19NO/c1-3-9-15-14(11-7-8-11)12-5-4-6-13(10-12)16-2/h3-6,10-11,14-15H,1,7-9H2,2H3/t14-/m0/s1. The van der Waals surface area contributed by atoms with Crippen molar-refractivity contribution in [3.8, 4) is 5.75 Å². The van der Waals surface area contributed by atoms with Crippen LogP contribution in [-0.4, -0.2) is 13.7 Å². The van der Waals surface area contributed by atoms with Crippen LogP contribution < -0.4 is 10.1 Å². The first-order chi connectivity index (χ1) is 7.85. The predicted octanol–water partition coefficient (Wildman–Crippen LogP) is 2.92. The summed E-state index contributed by atoms with van der Waals surface area (Å²) in [6.07, 6.45) is 4.56. The molecule has 0 spiro atoms. The fourth-order valence-corrected chi connectivity index (χ4v) is 2.03. The lowest BCUT2D eigenvalue weighted by Gasteiger charge is -2.18. The number of methoxy groups -OCH3 is 1. The molecule has 0 unspecified atom stereocenters. The fourth-order valence-electron chi connectivity index (χ4n) is 2.03. The molecule has 0 bridgehead atoms. The van der Waals surface area contributed by atoms with Crippen molar-refractivity contribution < 1.29 is 4.74 Å². The minimum Gasteiger partial charge on any atom is -0.497 e. The van der Waals surface area contributed by atoms with Crippen molar-refractivity contribution in [2.45, 2.75) is 18.9 Å². The lowest BCUT2D eigenvalue weighted by molar-refractivity contribution is 0.412. The number of rotatable bonds is 6. The molecule has 2 heteroatoms. The van der Waals surface area contributed by atoms with Gasteiger partial charge in [0.1, 0.15) is 5.75 Å². The average Bonchev–Trinajstić information content (AvgIpc) is 3.14. The van der Waals surface area contributed by atoms with Crippen LogP contribution in [0.4, 0.5) is 0 Å². The zero-order chi connectivity index (χ0) is 11.4. The van der Waals surface area contributed by atoms with Crippen LogP contribution in [0, 0.1) is 5.92 Å². The predicted molar refractivity (Wildman–Crippen MR) is 66.7 cm³/mol. The van der Waals surface area contributed by atoms with E-state index >= 15 is 0 Å². The van der Waals surface area contributed by atoms with E-state index in [1.54, 1.807) is 7.11 Å². The van der Waals surface area contributed by atoms with Gasteiger partial charge < -0.3 is 10.1 Å². The summed E-state index contributed by atoms with van der Waals surface area (Å²) in [5, 5.41) is 3.53. The molecular formula is C14H19NO. The van der Waals surface area contributed by atoms with E-state index < -0.39 is 0 Å². The fraction of sp³-hybridized carbons (Fsp3) is 0.429. The molecule has 1 aromatic carbocycles. The minimum atomic E-state index is 0.452. The summed E-state index contributed by atoms with van der Waals surface area (Å²) in [5.74, 6) is 1.72. The highest BCUT2D eigenvalue weighted by Gasteiger charge is 2.31. The Hall–Kier alpha value is -1.28. The quantitative estimate of drug-likeness (QED) is 0.740. The van der Waals surface area contributed by atoms with Crippen LogP contribution in [0.25, 0.3) is 0 Å². The Morgan fingerprint density at radius 1 is 1.56 bits per heavy atom. The summed E-state index contributed by atoms with van der Waals surface area (Å²) >= 11 is 0. The molecule has 1 aromatic rings. The number of benzene rings is 1. The molecule has 1 saturated carbocycles. The maximum Gasteiger partial charge on any atom is 0.119 e. The summed E-state index contributed by atoms with van der Waals surface area (Å²) in [4.78, 5) is 0. The van der Waals surface area contributed by atoms with Gasteiger partial charge >= 0.3 is 0 Å². The lowest BCUT2D eigenvalue weighted by atomic mass is 10.0. The average molecular weight is 217 g/mol. The maximum atomic E-state index is 5.26. The molecule has 0 aliphatic heterocycles. The van der Waals surface area contributed by atoms with Gasteiger partial charge in [-0.3, -0.25) is 0 Å². The van der Waals surface area contributed by atoms with E-state index in [-0.39, 0.29) is 0 Å². The molecule has 0 radical (unpaired) electrons. The third-order valence-electron chi connectivity index (χ3n) is 3.03. The van der Waals surface area contributed by atoms with Gasteiger partial charge in [0.05, 0.1) is 7.11 Å². The zero-order valence-electron chi connectivity index (χ0n) is 9.78. The molecule has 86 valence electrons. The Kier molecular flexibility index (Phi) is 3.62. The second kappa shape index (κ2) is 5.17. The highest BCUT2D eigenvalue weighted by Crippen LogP contribution is 2.41. The molecule has 1 aliphatic rings. The van der Waals surface area contributed by atoms with Crippen LogP contribution in [0.5, 0.6) is 5.75 Å². The Bertz CT molecular complexity index is 358. The van der Waals surface area contributed by atoms with Gasteiger partial charge in [0.2, 0.25) is 0 Å². The van der Waals surface area contributed by atoms with E-state index in [2.05, 4.69) is 30.1 Å². The second-order valence-electron chi connectivity index (χ2n) is 4.29. The van der Waals surface area contributed by atoms with Crippen LogP contribution in [0.3, 0.4) is 0 Å². The van der Waals surface area contributed by atoms with Gasteiger partial charge in [-0.05, 0) is 36.5 Å². The van der Waals surface area contributed by atoms with E-state index in [1.807, 2.05) is 12.1 Å². The first kappa shape index (κ1) is 11.2. The van der Waals surface area contributed by atoms with Gasteiger partial charge in [0, 0.05) is 12.6 Å². The first-order valence-electron chi connectivity index (χ1n) is 5.83. The SMILES string of the molecule is C=CCN[C@H](c1cccc(OC)c1)C1CC1. The van der Waals surface area contributed by atoms with Gasteiger partial charge in [0.25, 0.3) is 0 Å². The van der Waals surface area contributed by atoms with Crippen molar-refractivity contribution in [1.29, 1.82) is 0 Å². The monoisotopic (exact) mass is 217 g/mol. The van der Waals surface area contributed by atoms with Crippen LogP contribution in [-0.2, 0) is 0 Å². The second-order valence-corrected chi connectivity index (χ2v) is 4.29.